The van der Waals surface area contributed by atoms with Gasteiger partial charge in [0.05, 0.1) is 11.8 Å². The zero-order valence-corrected chi connectivity index (χ0v) is 13.7. The van der Waals surface area contributed by atoms with Gasteiger partial charge in [-0.25, -0.2) is 9.37 Å². The van der Waals surface area contributed by atoms with E-state index in [0.717, 1.165) is 10.7 Å². The summed E-state index contributed by atoms with van der Waals surface area (Å²) in [5.41, 5.74) is 0.878. The lowest BCUT2D eigenvalue weighted by Gasteiger charge is -2.15. The number of rotatable bonds is 6. The highest BCUT2D eigenvalue weighted by Gasteiger charge is 2.12. The highest BCUT2D eigenvalue weighted by atomic mass is 32.2. The van der Waals surface area contributed by atoms with Gasteiger partial charge in [0.25, 0.3) is 0 Å². The van der Waals surface area contributed by atoms with Crippen LogP contribution in [0.5, 0.6) is 0 Å². The fourth-order valence-corrected chi connectivity index (χ4v) is 2.95. The van der Waals surface area contributed by atoms with E-state index in [-0.39, 0.29) is 17.8 Å². The summed E-state index contributed by atoms with van der Waals surface area (Å²) in [4.78, 5) is 16.3. The molecule has 6 heteroatoms. The Balaban J connectivity index is 1.87. The summed E-state index contributed by atoms with van der Waals surface area (Å²) in [6.45, 7) is 6.02. The zero-order chi connectivity index (χ0) is 16.1. The third kappa shape index (κ3) is 4.34. The Morgan fingerprint density at radius 3 is 2.64 bits per heavy atom. The lowest BCUT2D eigenvalue weighted by Crippen LogP contribution is -2.28. The standard InChI is InChI=1S/C16H20FN3OS/c1-11(2)20-9-8-18-16(20)22-10-15(21)19-12(3)13-4-6-14(17)7-5-13/h4-9,11-12H,10H2,1-3H3,(H,19,21)/t12-/m0/s1. The van der Waals surface area contributed by atoms with Crippen molar-refractivity contribution in [2.45, 2.75) is 38.0 Å². The predicted octanol–water partition coefficient (Wildman–Crippen LogP) is 3.57. The minimum Gasteiger partial charge on any atom is -0.349 e. The average molecular weight is 321 g/mol. The molecule has 1 atom stereocenters. The first-order chi connectivity index (χ1) is 10.5. The Kier molecular flexibility index (Phi) is 5.60. The number of amides is 1. The highest BCUT2D eigenvalue weighted by Crippen LogP contribution is 2.20. The fraction of sp³-hybridized carbons (Fsp3) is 0.375. The van der Waals surface area contributed by atoms with Gasteiger partial charge in [0.1, 0.15) is 5.82 Å². The Morgan fingerprint density at radius 2 is 2.00 bits per heavy atom. The van der Waals surface area contributed by atoms with Gasteiger partial charge in [-0.15, -0.1) is 0 Å². The maximum atomic E-state index is 12.9. The average Bonchev–Trinajstić information content (AvgIpc) is 2.94. The molecule has 1 amide bonds. The summed E-state index contributed by atoms with van der Waals surface area (Å²) in [5.74, 6) is -0.0478. The third-order valence-electron chi connectivity index (χ3n) is 3.27. The Morgan fingerprint density at radius 1 is 1.32 bits per heavy atom. The van der Waals surface area contributed by atoms with E-state index in [2.05, 4.69) is 24.1 Å². The molecule has 0 aliphatic rings. The van der Waals surface area contributed by atoms with Gasteiger partial charge < -0.3 is 9.88 Å². The van der Waals surface area contributed by atoms with Crippen molar-refractivity contribution >= 4 is 17.7 Å². The van der Waals surface area contributed by atoms with Gasteiger partial charge in [0.15, 0.2) is 5.16 Å². The Hall–Kier alpha value is -1.82. The van der Waals surface area contributed by atoms with Crippen LogP contribution in [0.2, 0.25) is 0 Å². The van der Waals surface area contributed by atoms with Crippen molar-refractivity contribution in [2.24, 2.45) is 0 Å². The number of nitrogens with one attached hydrogen (secondary N) is 1. The molecule has 0 aliphatic heterocycles. The van der Waals surface area contributed by atoms with E-state index in [4.69, 9.17) is 0 Å². The van der Waals surface area contributed by atoms with Crippen LogP contribution in [0.4, 0.5) is 4.39 Å². The molecule has 0 fully saturated rings. The number of carbonyl (C=O) groups excluding carboxylic acids is 1. The molecule has 0 bridgehead atoms. The minimum atomic E-state index is -0.279. The molecule has 1 heterocycles. The van der Waals surface area contributed by atoms with Gasteiger partial charge in [-0.1, -0.05) is 23.9 Å². The number of nitrogens with zero attached hydrogens (tertiary/aromatic N) is 2. The van der Waals surface area contributed by atoms with Crippen molar-refractivity contribution in [3.8, 4) is 0 Å². The lowest BCUT2D eigenvalue weighted by atomic mass is 10.1. The molecule has 0 radical (unpaired) electrons. The number of hydrogen-bond donors (Lipinski definition) is 1. The fourth-order valence-electron chi connectivity index (χ4n) is 2.05. The largest absolute Gasteiger partial charge is 0.349 e. The normalized spacial score (nSPS) is 12.4. The van der Waals surface area contributed by atoms with E-state index >= 15 is 0 Å². The number of imidazole rings is 1. The van der Waals surface area contributed by atoms with Crippen molar-refractivity contribution in [1.29, 1.82) is 0 Å². The molecule has 22 heavy (non-hydrogen) atoms. The van der Waals surface area contributed by atoms with E-state index in [1.54, 1.807) is 18.3 Å². The molecule has 0 unspecified atom stereocenters. The number of thioether (sulfide) groups is 1. The molecule has 4 nitrogen and oxygen atoms in total. The molecule has 118 valence electrons. The first-order valence-electron chi connectivity index (χ1n) is 7.18. The zero-order valence-electron chi connectivity index (χ0n) is 12.9. The van der Waals surface area contributed by atoms with Crippen molar-refractivity contribution < 1.29 is 9.18 Å². The van der Waals surface area contributed by atoms with Crippen LogP contribution in [0.3, 0.4) is 0 Å². The summed E-state index contributed by atoms with van der Waals surface area (Å²) >= 11 is 1.41. The van der Waals surface area contributed by atoms with Crippen LogP contribution in [0.25, 0.3) is 0 Å². The molecule has 0 spiro atoms. The number of benzene rings is 1. The van der Waals surface area contributed by atoms with Crippen LogP contribution >= 0.6 is 11.8 Å². The summed E-state index contributed by atoms with van der Waals surface area (Å²) in [6, 6.07) is 6.31. The van der Waals surface area contributed by atoms with Crippen molar-refractivity contribution in [1.82, 2.24) is 14.9 Å². The number of hydrogen-bond acceptors (Lipinski definition) is 3. The molecule has 1 aromatic heterocycles. The molecule has 2 aromatic rings. The summed E-state index contributed by atoms with van der Waals surface area (Å²) in [5, 5.41) is 3.74. The van der Waals surface area contributed by atoms with Gasteiger partial charge in [-0.05, 0) is 38.5 Å². The smallest absolute Gasteiger partial charge is 0.230 e. The van der Waals surface area contributed by atoms with Crippen LogP contribution in [-0.2, 0) is 4.79 Å². The minimum absolute atomic E-state index is 0.0693. The van der Waals surface area contributed by atoms with E-state index in [0.29, 0.717) is 11.8 Å². The maximum absolute atomic E-state index is 12.9. The van der Waals surface area contributed by atoms with Crippen LogP contribution in [-0.4, -0.2) is 21.2 Å². The maximum Gasteiger partial charge on any atom is 0.230 e. The van der Waals surface area contributed by atoms with E-state index in [1.807, 2.05) is 17.7 Å². The molecule has 0 saturated heterocycles. The van der Waals surface area contributed by atoms with E-state index in [1.165, 1.54) is 23.9 Å². The van der Waals surface area contributed by atoms with Gasteiger partial charge in [-0.3, -0.25) is 4.79 Å². The lowest BCUT2D eigenvalue weighted by molar-refractivity contribution is -0.119. The first-order valence-corrected chi connectivity index (χ1v) is 8.16. The second-order valence-corrected chi connectivity index (χ2v) is 6.28. The first kappa shape index (κ1) is 16.5. The Bertz CT molecular complexity index is 625. The van der Waals surface area contributed by atoms with Gasteiger partial charge in [-0.2, -0.15) is 0 Å². The highest BCUT2D eigenvalue weighted by molar-refractivity contribution is 7.99. The molecule has 0 aliphatic carbocycles. The SMILES string of the molecule is CC(C)n1ccnc1SCC(=O)N[C@@H](C)c1ccc(F)cc1. The number of aromatic nitrogens is 2. The number of halogens is 1. The topological polar surface area (TPSA) is 46.9 Å². The van der Waals surface area contributed by atoms with Gasteiger partial charge in [0, 0.05) is 18.4 Å². The summed E-state index contributed by atoms with van der Waals surface area (Å²) in [6.07, 6.45) is 3.65. The molecule has 2 rings (SSSR count). The molecule has 1 N–H and O–H groups in total. The van der Waals surface area contributed by atoms with Crippen molar-refractivity contribution in [3.63, 3.8) is 0 Å². The van der Waals surface area contributed by atoms with Gasteiger partial charge in [0.2, 0.25) is 5.91 Å². The molecular weight excluding hydrogens is 301 g/mol. The Labute approximate surface area is 134 Å². The van der Waals surface area contributed by atoms with Crippen LogP contribution in [0.1, 0.15) is 38.4 Å². The predicted molar refractivity (Wildman–Crippen MR) is 86.3 cm³/mol. The van der Waals surface area contributed by atoms with Crippen molar-refractivity contribution in [3.05, 3.63) is 48.0 Å². The second kappa shape index (κ2) is 7.45. The summed E-state index contributed by atoms with van der Waals surface area (Å²) in [7, 11) is 0. The second-order valence-electron chi connectivity index (χ2n) is 5.34. The molecule has 1 aromatic carbocycles. The molecule has 0 saturated carbocycles. The van der Waals surface area contributed by atoms with Crippen LogP contribution in [0.15, 0.2) is 41.8 Å². The van der Waals surface area contributed by atoms with Crippen LogP contribution < -0.4 is 5.32 Å². The quantitative estimate of drug-likeness (QED) is 0.827. The monoisotopic (exact) mass is 321 g/mol. The third-order valence-corrected chi connectivity index (χ3v) is 4.25. The number of carbonyl (C=O) groups is 1. The van der Waals surface area contributed by atoms with Gasteiger partial charge >= 0.3 is 0 Å². The molecular formula is C16H20FN3OS. The van der Waals surface area contributed by atoms with E-state index in [9.17, 15) is 9.18 Å². The van der Waals surface area contributed by atoms with Crippen molar-refractivity contribution in [2.75, 3.05) is 5.75 Å². The summed E-state index contributed by atoms with van der Waals surface area (Å²) < 4.78 is 14.9. The van der Waals surface area contributed by atoms with Crippen LogP contribution in [0, 0.1) is 5.82 Å². The van der Waals surface area contributed by atoms with E-state index < -0.39 is 0 Å².